The third-order valence-corrected chi connectivity index (χ3v) is 3.24. The van der Waals surface area contributed by atoms with Crippen molar-refractivity contribution in [3.8, 4) is 0 Å². The summed E-state index contributed by atoms with van der Waals surface area (Å²) < 4.78 is 0. The molecule has 2 heteroatoms. The molecule has 1 N–H and O–H groups in total. The SMILES string of the molecule is CCC(CC)N(C)C[C@@H]1CCCN1. The molecule has 1 aliphatic heterocycles. The van der Waals surface area contributed by atoms with Gasteiger partial charge in [-0.05, 0) is 39.3 Å². The molecule has 0 aromatic carbocycles. The third-order valence-electron chi connectivity index (χ3n) is 3.24. The van der Waals surface area contributed by atoms with E-state index in [2.05, 4.69) is 31.1 Å². The molecule has 0 spiro atoms. The Hall–Kier alpha value is -0.0800. The van der Waals surface area contributed by atoms with Crippen molar-refractivity contribution < 1.29 is 0 Å². The van der Waals surface area contributed by atoms with E-state index in [1.165, 1.54) is 38.8 Å². The number of hydrogen-bond donors (Lipinski definition) is 1. The molecule has 0 radical (unpaired) electrons. The molecule has 1 rings (SSSR count). The van der Waals surface area contributed by atoms with Gasteiger partial charge in [0.25, 0.3) is 0 Å². The van der Waals surface area contributed by atoms with Crippen LogP contribution in [0.2, 0.25) is 0 Å². The van der Waals surface area contributed by atoms with E-state index in [4.69, 9.17) is 0 Å². The molecule has 2 nitrogen and oxygen atoms in total. The van der Waals surface area contributed by atoms with Crippen molar-refractivity contribution in [3.05, 3.63) is 0 Å². The van der Waals surface area contributed by atoms with Crippen molar-refractivity contribution in [3.63, 3.8) is 0 Å². The Morgan fingerprint density at radius 2 is 2.08 bits per heavy atom. The van der Waals surface area contributed by atoms with Crippen LogP contribution >= 0.6 is 0 Å². The second-order valence-electron chi connectivity index (χ2n) is 4.20. The first-order chi connectivity index (χ1) is 6.27. The van der Waals surface area contributed by atoms with Gasteiger partial charge in [0.05, 0.1) is 0 Å². The second-order valence-corrected chi connectivity index (χ2v) is 4.20. The molecule has 0 aromatic heterocycles. The summed E-state index contributed by atoms with van der Waals surface area (Å²) in [6, 6.07) is 1.54. The van der Waals surface area contributed by atoms with Crippen LogP contribution < -0.4 is 5.32 Å². The van der Waals surface area contributed by atoms with Crippen molar-refractivity contribution in [2.24, 2.45) is 0 Å². The normalized spacial score (nSPS) is 23.3. The van der Waals surface area contributed by atoms with Gasteiger partial charge in [0, 0.05) is 18.6 Å². The molecule has 0 bridgehead atoms. The summed E-state index contributed by atoms with van der Waals surface area (Å²) in [4.78, 5) is 2.52. The maximum absolute atomic E-state index is 3.55. The lowest BCUT2D eigenvalue weighted by atomic mass is 10.1. The lowest BCUT2D eigenvalue weighted by Gasteiger charge is -2.28. The first-order valence-electron chi connectivity index (χ1n) is 5.71. The standard InChI is InChI=1S/C11H24N2/c1-4-11(5-2)13(3)9-10-7-6-8-12-10/h10-12H,4-9H2,1-3H3/t10-/m0/s1. The fourth-order valence-corrected chi connectivity index (χ4v) is 2.32. The molecule has 0 saturated carbocycles. The van der Waals surface area contributed by atoms with Gasteiger partial charge in [0.2, 0.25) is 0 Å². The fourth-order valence-electron chi connectivity index (χ4n) is 2.32. The van der Waals surface area contributed by atoms with E-state index in [0.717, 1.165) is 12.1 Å². The molecule has 1 aliphatic rings. The van der Waals surface area contributed by atoms with Crippen LogP contribution in [-0.2, 0) is 0 Å². The maximum Gasteiger partial charge on any atom is 0.0195 e. The smallest absolute Gasteiger partial charge is 0.0195 e. The molecular weight excluding hydrogens is 160 g/mol. The molecule has 1 saturated heterocycles. The van der Waals surface area contributed by atoms with Crippen LogP contribution in [0.1, 0.15) is 39.5 Å². The summed E-state index contributed by atoms with van der Waals surface area (Å²) in [7, 11) is 2.26. The van der Waals surface area contributed by atoms with Gasteiger partial charge in [-0.15, -0.1) is 0 Å². The van der Waals surface area contributed by atoms with E-state index < -0.39 is 0 Å². The Bertz CT molecular complexity index is 126. The Balaban J connectivity index is 2.25. The molecule has 1 fully saturated rings. The van der Waals surface area contributed by atoms with Crippen molar-refractivity contribution in [2.45, 2.75) is 51.6 Å². The van der Waals surface area contributed by atoms with Crippen LogP contribution in [0.3, 0.4) is 0 Å². The zero-order valence-corrected chi connectivity index (χ0v) is 9.34. The topological polar surface area (TPSA) is 15.3 Å². The van der Waals surface area contributed by atoms with Crippen molar-refractivity contribution >= 4 is 0 Å². The lowest BCUT2D eigenvalue weighted by molar-refractivity contribution is 0.211. The van der Waals surface area contributed by atoms with Gasteiger partial charge in [0.1, 0.15) is 0 Å². The first-order valence-corrected chi connectivity index (χ1v) is 5.71. The Morgan fingerprint density at radius 1 is 1.38 bits per heavy atom. The summed E-state index contributed by atoms with van der Waals surface area (Å²) in [6.45, 7) is 7.02. The third kappa shape index (κ3) is 3.28. The largest absolute Gasteiger partial charge is 0.313 e. The minimum Gasteiger partial charge on any atom is -0.313 e. The number of hydrogen-bond acceptors (Lipinski definition) is 2. The Kier molecular flexibility index (Phi) is 4.74. The van der Waals surface area contributed by atoms with Crippen LogP contribution in [0.25, 0.3) is 0 Å². The summed E-state index contributed by atoms with van der Waals surface area (Å²) >= 11 is 0. The molecule has 0 aromatic rings. The van der Waals surface area contributed by atoms with Crippen LogP contribution in [0, 0.1) is 0 Å². The number of likely N-dealkylation sites (N-methyl/N-ethyl adjacent to an activating group) is 1. The predicted molar refractivity (Wildman–Crippen MR) is 58.0 cm³/mol. The lowest BCUT2D eigenvalue weighted by Crippen LogP contribution is -2.40. The molecule has 1 heterocycles. The molecule has 0 unspecified atom stereocenters. The monoisotopic (exact) mass is 184 g/mol. The number of nitrogens with one attached hydrogen (secondary N) is 1. The molecule has 0 aliphatic carbocycles. The van der Waals surface area contributed by atoms with E-state index in [9.17, 15) is 0 Å². The Morgan fingerprint density at radius 3 is 2.54 bits per heavy atom. The van der Waals surface area contributed by atoms with E-state index in [1.54, 1.807) is 0 Å². The summed E-state index contributed by atoms with van der Waals surface area (Å²) in [5.74, 6) is 0. The molecule has 78 valence electrons. The number of rotatable bonds is 5. The van der Waals surface area contributed by atoms with Gasteiger partial charge in [-0.3, -0.25) is 0 Å². The van der Waals surface area contributed by atoms with E-state index in [-0.39, 0.29) is 0 Å². The van der Waals surface area contributed by atoms with Gasteiger partial charge in [0.15, 0.2) is 0 Å². The predicted octanol–water partition coefficient (Wildman–Crippen LogP) is 1.86. The maximum atomic E-state index is 3.55. The molecule has 13 heavy (non-hydrogen) atoms. The van der Waals surface area contributed by atoms with Crippen LogP contribution in [0.5, 0.6) is 0 Å². The average molecular weight is 184 g/mol. The molecular formula is C11H24N2. The zero-order valence-electron chi connectivity index (χ0n) is 9.34. The van der Waals surface area contributed by atoms with Crippen LogP contribution in [0.15, 0.2) is 0 Å². The Labute approximate surface area is 82.7 Å². The van der Waals surface area contributed by atoms with Gasteiger partial charge in [-0.25, -0.2) is 0 Å². The highest BCUT2D eigenvalue weighted by atomic mass is 15.2. The van der Waals surface area contributed by atoms with Crippen molar-refractivity contribution in [1.82, 2.24) is 10.2 Å². The minimum absolute atomic E-state index is 0.755. The molecule has 1 atom stereocenters. The van der Waals surface area contributed by atoms with E-state index in [0.29, 0.717) is 0 Å². The zero-order chi connectivity index (χ0) is 9.68. The van der Waals surface area contributed by atoms with Gasteiger partial charge in [-0.1, -0.05) is 13.8 Å². The minimum atomic E-state index is 0.755. The highest BCUT2D eigenvalue weighted by molar-refractivity contribution is 4.79. The number of nitrogens with zero attached hydrogens (tertiary/aromatic N) is 1. The first kappa shape index (κ1) is 11.0. The average Bonchev–Trinajstić information content (AvgIpc) is 2.59. The van der Waals surface area contributed by atoms with Crippen molar-refractivity contribution in [2.75, 3.05) is 20.1 Å². The summed E-state index contributed by atoms with van der Waals surface area (Å²) in [6.07, 6.45) is 5.28. The van der Waals surface area contributed by atoms with E-state index in [1.807, 2.05) is 0 Å². The second kappa shape index (κ2) is 5.61. The van der Waals surface area contributed by atoms with Crippen LogP contribution in [-0.4, -0.2) is 37.1 Å². The fraction of sp³-hybridized carbons (Fsp3) is 1.00. The summed E-state index contributed by atoms with van der Waals surface area (Å²) in [5, 5.41) is 3.55. The highest BCUT2D eigenvalue weighted by Crippen LogP contribution is 2.11. The van der Waals surface area contributed by atoms with Gasteiger partial charge < -0.3 is 10.2 Å². The van der Waals surface area contributed by atoms with Gasteiger partial charge >= 0.3 is 0 Å². The summed E-state index contributed by atoms with van der Waals surface area (Å²) in [5.41, 5.74) is 0. The van der Waals surface area contributed by atoms with Gasteiger partial charge in [-0.2, -0.15) is 0 Å². The molecule has 0 amide bonds. The van der Waals surface area contributed by atoms with Crippen molar-refractivity contribution in [1.29, 1.82) is 0 Å². The van der Waals surface area contributed by atoms with E-state index >= 15 is 0 Å². The highest BCUT2D eigenvalue weighted by Gasteiger charge is 2.18. The quantitative estimate of drug-likeness (QED) is 0.701. The van der Waals surface area contributed by atoms with Crippen LogP contribution in [0.4, 0.5) is 0 Å².